The van der Waals surface area contributed by atoms with E-state index in [0.29, 0.717) is 5.56 Å². The van der Waals surface area contributed by atoms with Gasteiger partial charge in [0.25, 0.3) is 0 Å². The maximum atomic E-state index is 14.2. The molecule has 0 aliphatic carbocycles. The molecular weight excluding hydrogens is 400 g/mol. The highest BCUT2D eigenvalue weighted by molar-refractivity contribution is 7.89. The summed E-state index contributed by atoms with van der Waals surface area (Å²) >= 11 is 0. The zero-order valence-electron chi connectivity index (χ0n) is 13.7. The Morgan fingerprint density at radius 1 is 1.00 bits per heavy atom. The fraction of sp³-hybridized carbons (Fsp3) is 0.250. The van der Waals surface area contributed by atoms with Gasteiger partial charge >= 0.3 is 6.18 Å². The summed E-state index contributed by atoms with van der Waals surface area (Å²) in [7, 11) is -4.95. The first kappa shape index (κ1) is 21.0. The molecule has 0 heterocycles. The SMILES string of the molecule is Cc1c(F)c(F)c(S(=O)(=O)NCc2ccccc2)c(OCC(F)(F)F)c1F. The number of nitrogens with one attached hydrogen (secondary N) is 1. The van der Waals surface area contributed by atoms with Gasteiger partial charge in [-0.25, -0.2) is 26.3 Å². The van der Waals surface area contributed by atoms with Crippen LogP contribution < -0.4 is 9.46 Å². The number of ether oxygens (including phenoxy) is 1. The van der Waals surface area contributed by atoms with Crippen LogP contribution in [0.5, 0.6) is 5.75 Å². The lowest BCUT2D eigenvalue weighted by atomic mass is 10.2. The highest BCUT2D eigenvalue weighted by Crippen LogP contribution is 2.35. The molecule has 148 valence electrons. The van der Waals surface area contributed by atoms with Gasteiger partial charge < -0.3 is 4.74 Å². The zero-order chi connectivity index (χ0) is 20.4. The van der Waals surface area contributed by atoms with E-state index < -0.39 is 63.0 Å². The van der Waals surface area contributed by atoms with E-state index in [9.17, 15) is 34.8 Å². The van der Waals surface area contributed by atoms with Crippen LogP contribution in [0.15, 0.2) is 35.2 Å². The summed E-state index contributed by atoms with van der Waals surface area (Å²) in [6.45, 7) is -1.74. The van der Waals surface area contributed by atoms with E-state index in [4.69, 9.17) is 0 Å². The number of hydrogen-bond donors (Lipinski definition) is 1. The predicted molar refractivity (Wildman–Crippen MR) is 83.1 cm³/mol. The van der Waals surface area contributed by atoms with Crippen molar-refractivity contribution in [2.75, 3.05) is 6.61 Å². The van der Waals surface area contributed by atoms with Gasteiger partial charge in [-0.1, -0.05) is 30.3 Å². The van der Waals surface area contributed by atoms with Crippen molar-refractivity contribution in [1.82, 2.24) is 4.72 Å². The fourth-order valence-corrected chi connectivity index (χ4v) is 3.32. The minimum atomic E-state index is -4.95. The van der Waals surface area contributed by atoms with E-state index in [-0.39, 0.29) is 0 Å². The molecule has 1 N–H and O–H groups in total. The minimum Gasteiger partial charge on any atom is -0.479 e. The molecule has 0 saturated carbocycles. The second-order valence-electron chi connectivity index (χ2n) is 5.44. The molecule has 0 saturated heterocycles. The zero-order valence-corrected chi connectivity index (χ0v) is 14.5. The van der Waals surface area contributed by atoms with Crippen LogP contribution in [0.4, 0.5) is 26.3 Å². The third-order valence-electron chi connectivity index (χ3n) is 3.41. The number of rotatable bonds is 6. The molecule has 0 atom stereocenters. The lowest BCUT2D eigenvalue weighted by molar-refractivity contribution is -0.154. The summed E-state index contributed by atoms with van der Waals surface area (Å²) in [5, 5.41) is 0. The third-order valence-corrected chi connectivity index (χ3v) is 4.84. The molecule has 2 aromatic carbocycles. The summed E-state index contributed by atoms with van der Waals surface area (Å²) in [4.78, 5) is -1.66. The first-order chi connectivity index (χ1) is 12.4. The van der Waals surface area contributed by atoms with Crippen molar-refractivity contribution >= 4 is 10.0 Å². The van der Waals surface area contributed by atoms with Crippen molar-refractivity contribution in [2.45, 2.75) is 24.5 Å². The van der Waals surface area contributed by atoms with Crippen molar-refractivity contribution in [1.29, 1.82) is 0 Å². The first-order valence-electron chi connectivity index (χ1n) is 7.34. The lowest BCUT2D eigenvalue weighted by Crippen LogP contribution is -2.27. The second-order valence-corrected chi connectivity index (χ2v) is 7.14. The van der Waals surface area contributed by atoms with E-state index in [1.807, 2.05) is 4.72 Å². The van der Waals surface area contributed by atoms with Crippen LogP contribution in [0.25, 0.3) is 0 Å². The van der Waals surface area contributed by atoms with Crippen molar-refractivity contribution in [2.24, 2.45) is 0 Å². The fourth-order valence-electron chi connectivity index (χ4n) is 2.10. The molecule has 0 bridgehead atoms. The van der Waals surface area contributed by atoms with Crippen LogP contribution in [-0.2, 0) is 16.6 Å². The molecule has 0 radical (unpaired) electrons. The smallest absolute Gasteiger partial charge is 0.422 e. The van der Waals surface area contributed by atoms with Gasteiger partial charge in [0.1, 0.15) is 0 Å². The van der Waals surface area contributed by atoms with Crippen LogP contribution in [0.3, 0.4) is 0 Å². The normalized spacial score (nSPS) is 12.3. The van der Waals surface area contributed by atoms with Crippen LogP contribution in [0.1, 0.15) is 11.1 Å². The topological polar surface area (TPSA) is 55.4 Å². The standard InChI is InChI=1S/C16H13F6NO3S/c1-9-11(17)13(19)15(14(12(9)18)26-8-16(20,21)22)27(24,25)23-7-10-5-3-2-4-6-10/h2-6,23H,7-8H2,1H3. The van der Waals surface area contributed by atoms with Gasteiger partial charge in [-0.3, -0.25) is 0 Å². The molecule has 0 aliphatic rings. The van der Waals surface area contributed by atoms with E-state index in [1.54, 1.807) is 18.2 Å². The molecule has 0 fully saturated rings. The van der Waals surface area contributed by atoms with E-state index in [0.717, 1.165) is 6.92 Å². The van der Waals surface area contributed by atoms with Gasteiger partial charge in [0.05, 0.1) is 0 Å². The van der Waals surface area contributed by atoms with E-state index >= 15 is 0 Å². The monoisotopic (exact) mass is 413 g/mol. The van der Waals surface area contributed by atoms with Crippen LogP contribution >= 0.6 is 0 Å². The number of alkyl halides is 3. The Hall–Kier alpha value is -2.27. The molecule has 0 aliphatic heterocycles. The van der Waals surface area contributed by atoms with Crippen LogP contribution in [0, 0.1) is 24.4 Å². The summed E-state index contributed by atoms with van der Waals surface area (Å²) < 4.78 is 110. The summed E-state index contributed by atoms with van der Waals surface area (Å²) in [5.74, 6) is -7.15. The molecule has 0 aromatic heterocycles. The van der Waals surface area contributed by atoms with Crippen LogP contribution in [-0.4, -0.2) is 21.2 Å². The molecule has 11 heteroatoms. The number of benzene rings is 2. The van der Waals surface area contributed by atoms with Gasteiger partial charge in [-0.05, 0) is 12.5 Å². The number of sulfonamides is 1. The summed E-state index contributed by atoms with van der Waals surface area (Å²) in [6.07, 6.45) is -4.95. The second kappa shape index (κ2) is 7.77. The molecular formula is C16H13F6NO3S. The highest BCUT2D eigenvalue weighted by atomic mass is 32.2. The Balaban J connectivity index is 2.49. The Bertz CT molecular complexity index is 930. The number of halogens is 6. The Kier molecular flexibility index (Phi) is 6.05. The quantitative estimate of drug-likeness (QED) is 0.579. The molecule has 2 rings (SSSR count). The average Bonchev–Trinajstić information content (AvgIpc) is 2.60. The molecule has 2 aromatic rings. The highest BCUT2D eigenvalue weighted by Gasteiger charge is 2.35. The van der Waals surface area contributed by atoms with Gasteiger partial charge in [0.2, 0.25) is 10.0 Å². The minimum absolute atomic E-state index is 0.390. The van der Waals surface area contributed by atoms with E-state index in [1.165, 1.54) is 12.1 Å². The largest absolute Gasteiger partial charge is 0.479 e. The number of hydrogen-bond acceptors (Lipinski definition) is 3. The first-order valence-corrected chi connectivity index (χ1v) is 8.82. The maximum absolute atomic E-state index is 14.2. The van der Waals surface area contributed by atoms with Gasteiger partial charge in [-0.2, -0.15) is 13.2 Å². The molecule has 0 spiro atoms. The molecule has 0 unspecified atom stereocenters. The molecule has 0 amide bonds. The van der Waals surface area contributed by atoms with Crippen molar-refractivity contribution in [3.63, 3.8) is 0 Å². The summed E-state index contributed by atoms with van der Waals surface area (Å²) in [5.41, 5.74) is -0.584. The average molecular weight is 413 g/mol. The lowest BCUT2D eigenvalue weighted by Gasteiger charge is -2.17. The third kappa shape index (κ3) is 4.92. The Morgan fingerprint density at radius 2 is 1.59 bits per heavy atom. The molecule has 4 nitrogen and oxygen atoms in total. The van der Waals surface area contributed by atoms with Crippen LogP contribution in [0.2, 0.25) is 0 Å². The molecule has 27 heavy (non-hydrogen) atoms. The predicted octanol–water partition coefficient (Wildman–Crippen LogP) is 3.83. The Labute approximate surface area is 150 Å². The Morgan fingerprint density at radius 3 is 2.15 bits per heavy atom. The van der Waals surface area contributed by atoms with Crippen molar-refractivity contribution in [3.05, 3.63) is 58.9 Å². The van der Waals surface area contributed by atoms with Gasteiger partial charge in [0.15, 0.2) is 34.7 Å². The summed E-state index contributed by atoms with van der Waals surface area (Å²) in [6, 6.07) is 7.82. The van der Waals surface area contributed by atoms with E-state index in [2.05, 4.69) is 4.74 Å². The van der Waals surface area contributed by atoms with Crippen molar-refractivity contribution in [3.8, 4) is 5.75 Å². The van der Waals surface area contributed by atoms with Crippen molar-refractivity contribution < 1.29 is 39.5 Å². The maximum Gasteiger partial charge on any atom is 0.422 e. The van der Waals surface area contributed by atoms with Gasteiger partial charge in [-0.15, -0.1) is 0 Å². The van der Waals surface area contributed by atoms with Gasteiger partial charge in [0, 0.05) is 12.1 Å².